The summed E-state index contributed by atoms with van der Waals surface area (Å²) in [5.74, 6) is 0.524. The van der Waals surface area contributed by atoms with Crippen LogP contribution < -0.4 is 9.64 Å². The number of benzene rings is 1. The maximum absolute atomic E-state index is 13.0. The van der Waals surface area contributed by atoms with E-state index in [1.165, 1.54) is 25.9 Å². The third-order valence-electron chi connectivity index (χ3n) is 6.47. The number of hydrogen-bond donors (Lipinski definition) is 0. The third-order valence-corrected chi connectivity index (χ3v) is 6.47. The molecule has 2 amide bonds. The highest BCUT2D eigenvalue weighted by atomic mass is 16.5. The number of hydrogen-bond acceptors (Lipinski definition) is 5. The summed E-state index contributed by atoms with van der Waals surface area (Å²) in [5.41, 5.74) is 0.752. The Morgan fingerprint density at radius 2 is 1.66 bits per heavy atom. The molecule has 0 saturated carbocycles. The molecule has 0 spiro atoms. The second-order valence-electron chi connectivity index (χ2n) is 8.29. The van der Waals surface area contributed by atoms with Gasteiger partial charge < -0.3 is 19.4 Å². The normalized spacial score (nSPS) is 23.8. The van der Waals surface area contributed by atoms with Crippen LogP contribution in [0.15, 0.2) is 24.3 Å². The van der Waals surface area contributed by atoms with Crippen LogP contribution >= 0.6 is 0 Å². The number of carbonyl (C=O) groups is 2. The molecule has 0 N–H and O–H groups in total. The third kappa shape index (κ3) is 4.56. The Kier molecular flexibility index (Phi) is 6.35. The number of para-hydroxylation sites is 2. The summed E-state index contributed by atoms with van der Waals surface area (Å²) in [7, 11) is 1.60. The van der Waals surface area contributed by atoms with E-state index >= 15 is 0 Å². The molecule has 3 fully saturated rings. The molecule has 0 radical (unpaired) electrons. The Morgan fingerprint density at radius 3 is 2.34 bits per heavy atom. The zero-order valence-electron chi connectivity index (χ0n) is 17.4. The number of ether oxygens (including phenoxy) is 1. The molecule has 7 heteroatoms. The maximum Gasteiger partial charge on any atom is 0.228 e. The molecule has 29 heavy (non-hydrogen) atoms. The number of carbonyl (C=O) groups excluding carboxylic acids is 2. The van der Waals surface area contributed by atoms with E-state index < -0.39 is 0 Å². The molecule has 3 aliphatic rings. The van der Waals surface area contributed by atoms with E-state index in [1.807, 2.05) is 29.2 Å². The fraction of sp³-hybridized carbons (Fsp3) is 0.636. The minimum atomic E-state index is -0.261. The van der Waals surface area contributed by atoms with Gasteiger partial charge in [-0.3, -0.25) is 14.5 Å². The molecule has 3 aliphatic heterocycles. The quantitative estimate of drug-likeness (QED) is 0.720. The summed E-state index contributed by atoms with van der Waals surface area (Å²) in [4.78, 5) is 34.3. The fourth-order valence-electron chi connectivity index (χ4n) is 4.70. The van der Waals surface area contributed by atoms with Gasteiger partial charge in [0.05, 0.1) is 18.7 Å². The highest BCUT2D eigenvalue weighted by Gasteiger charge is 2.38. The largest absolute Gasteiger partial charge is 0.495 e. The van der Waals surface area contributed by atoms with Crippen molar-refractivity contribution in [2.75, 3.05) is 70.9 Å². The van der Waals surface area contributed by atoms with Gasteiger partial charge in [-0.15, -0.1) is 0 Å². The van der Waals surface area contributed by atoms with Gasteiger partial charge in [-0.05, 0) is 38.1 Å². The van der Waals surface area contributed by atoms with Crippen LogP contribution in [0.25, 0.3) is 0 Å². The number of nitrogens with zero attached hydrogens (tertiary/aromatic N) is 4. The fourth-order valence-corrected chi connectivity index (χ4v) is 4.70. The average Bonchev–Trinajstić information content (AvgIpc) is 3.42. The van der Waals surface area contributed by atoms with Gasteiger partial charge in [0.15, 0.2) is 0 Å². The Labute approximate surface area is 173 Å². The van der Waals surface area contributed by atoms with Gasteiger partial charge in [-0.2, -0.15) is 0 Å². The van der Waals surface area contributed by atoms with Crippen LogP contribution in [0.5, 0.6) is 5.75 Å². The van der Waals surface area contributed by atoms with Crippen LogP contribution in [-0.4, -0.2) is 92.5 Å². The number of amides is 2. The Hall–Kier alpha value is -2.12. The smallest absolute Gasteiger partial charge is 0.228 e. The van der Waals surface area contributed by atoms with Gasteiger partial charge in [0, 0.05) is 52.2 Å². The van der Waals surface area contributed by atoms with Crippen LogP contribution in [0.3, 0.4) is 0 Å². The van der Waals surface area contributed by atoms with Crippen LogP contribution in [0.1, 0.15) is 19.3 Å². The first kappa shape index (κ1) is 20.2. The molecule has 7 nitrogen and oxygen atoms in total. The van der Waals surface area contributed by atoms with Crippen molar-refractivity contribution in [3.8, 4) is 5.75 Å². The molecule has 0 bridgehead atoms. The lowest BCUT2D eigenvalue weighted by atomic mass is 10.1. The Morgan fingerprint density at radius 1 is 1.00 bits per heavy atom. The van der Waals surface area contributed by atoms with Crippen molar-refractivity contribution in [2.45, 2.75) is 19.3 Å². The topological polar surface area (TPSA) is 56.3 Å². The summed E-state index contributed by atoms with van der Waals surface area (Å²) in [6, 6.07) is 7.50. The minimum Gasteiger partial charge on any atom is -0.495 e. The van der Waals surface area contributed by atoms with Crippen molar-refractivity contribution >= 4 is 17.5 Å². The molecule has 3 heterocycles. The molecular weight excluding hydrogens is 368 g/mol. The predicted molar refractivity (Wildman–Crippen MR) is 112 cm³/mol. The van der Waals surface area contributed by atoms with E-state index in [0.29, 0.717) is 12.3 Å². The van der Waals surface area contributed by atoms with Crippen LogP contribution in [0.4, 0.5) is 5.69 Å². The van der Waals surface area contributed by atoms with Gasteiger partial charge in [-0.25, -0.2) is 0 Å². The van der Waals surface area contributed by atoms with Crippen molar-refractivity contribution in [3.05, 3.63) is 24.3 Å². The van der Waals surface area contributed by atoms with Crippen molar-refractivity contribution < 1.29 is 14.3 Å². The Balaban J connectivity index is 1.28. The number of methoxy groups -OCH3 is 1. The second-order valence-corrected chi connectivity index (χ2v) is 8.29. The monoisotopic (exact) mass is 400 g/mol. The van der Waals surface area contributed by atoms with E-state index in [-0.39, 0.29) is 24.2 Å². The first-order valence-electron chi connectivity index (χ1n) is 10.8. The van der Waals surface area contributed by atoms with Gasteiger partial charge in [0.1, 0.15) is 5.75 Å². The van der Waals surface area contributed by atoms with Crippen molar-refractivity contribution in [2.24, 2.45) is 5.92 Å². The van der Waals surface area contributed by atoms with Gasteiger partial charge >= 0.3 is 0 Å². The lowest BCUT2D eigenvalue weighted by molar-refractivity contribution is -0.137. The SMILES string of the molecule is COc1ccccc1N1CC(C(=O)N2CCN(CCN3CCCC3)CC2)CC1=O. The molecule has 1 unspecified atom stereocenters. The number of likely N-dealkylation sites (tertiary alicyclic amines) is 1. The summed E-state index contributed by atoms with van der Waals surface area (Å²) >= 11 is 0. The predicted octanol–water partition coefficient (Wildman–Crippen LogP) is 1.29. The van der Waals surface area contributed by atoms with Gasteiger partial charge in [0.2, 0.25) is 11.8 Å². The van der Waals surface area contributed by atoms with E-state index in [4.69, 9.17) is 4.74 Å². The van der Waals surface area contributed by atoms with E-state index in [0.717, 1.165) is 45.0 Å². The maximum atomic E-state index is 13.0. The lowest BCUT2D eigenvalue weighted by Gasteiger charge is -2.36. The van der Waals surface area contributed by atoms with Crippen molar-refractivity contribution in [1.82, 2.24) is 14.7 Å². The van der Waals surface area contributed by atoms with Crippen molar-refractivity contribution in [1.29, 1.82) is 0 Å². The molecule has 1 aromatic rings. The van der Waals surface area contributed by atoms with E-state index in [1.54, 1.807) is 12.0 Å². The lowest BCUT2D eigenvalue weighted by Crippen LogP contribution is -2.51. The molecule has 3 saturated heterocycles. The summed E-state index contributed by atoms with van der Waals surface area (Å²) in [6.45, 7) is 8.51. The molecule has 158 valence electrons. The van der Waals surface area contributed by atoms with Gasteiger partial charge in [0.25, 0.3) is 0 Å². The highest BCUT2D eigenvalue weighted by Crippen LogP contribution is 2.33. The molecule has 1 atom stereocenters. The molecule has 1 aromatic carbocycles. The van der Waals surface area contributed by atoms with E-state index in [2.05, 4.69) is 9.80 Å². The summed E-state index contributed by atoms with van der Waals surface area (Å²) in [6.07, 6.45) is 2.94. The van der Waals surface area contributed by atoms with Gasteiger partial charge in [-0.1, -0.05) is 12.1 Å². The van der Waals surface area contributed by atoms with E-state index in [9.17, 15) is 9.59 Å². The Bertz CT molecular complexity index is 727. The first-order valence-corrected chi connectivity index (χ1v) is 10.8. The zero-order valence-corrected chi connectivity index (χ0v) is 17.4. The standard InChI is InChI=1S/C22H32N4O3/c1-29-20-7-3-2-6-19(20)26-17-18(16-21(26)27)22(28)25-14-12-24(13-15-25)11-10-23-8-4-5-9-23/h2-3,6-7,18H,4-5,8-17H2,1H3. The second kappa shape index (κ2) is 9.13. The average molecular weight is 401 g/mol. The molecule has 4 rings (SSSR count). The number of piperazine rings is 1. The zero-order chi connectivity index (χ0) is 20.2. The molecule has 0 aliphatic carbocycles. The molecular formula is C22H32N4O3. The molecule has 0 aromatic heterocycles. The number of anilines is 1. The minimum absolute atomic E-state index is 0.00269. The van der Waals surface area contributed by atoms with Crippen molar-refractivity contribution in [3.63, 3.8) is 0 Å². The highest BCUT2D eigenvalue weighted by molar-refractivity contribution is 6.01. The van der Waals surface area contributed by atoms with Crippen LogP contribution in [0.2, 0.25) is 0 Å². The number of rotatable bonds is 6. The van der Waals surface area contributed by atoms with Crippen LogP contribution in [-0.2, 0) is 9.59 Å². The summed E-state index contributed by atoms with van der Waals surface area (Å²) < 4.78 is 5.39. The first-order chi connectivity index (χ1) is 14.2. The summed E-state index contributed by atoms with van der Waals surface area (Å²) in [5, 5.41) is 0. The van der Waals surface area contributed by atoms with Crippen LogP contribution in [0, 0.1) is 5.92 Å².